The van der Waals surface area contributed by atoms with Gasteiger partial charge < -0.3 is 10.4 Å². The minimum Gasteiger partial charge on any atom is -0.388 e. The number of hydrogen-bond donors (Lipinski definition) is 3. The zero-order valence-electron chi connectivity index (χ0n) is 12.3. The number of nitrogens with zero attached hydrogens (tertiary/aromatic N) is 2. The molecule has 0 aliphatic rings. The van der Waals surface area contributed by atoms with Crippen LogP contribution < -0.4 is 9.92 Å². The summed E-state index contributed by atoms with van der Waals surface area (Å²) >= 11 is 0. The van der Waals surface area contributed by atoms with Crippen molar-refractivity contribution >= 4 is 5.91 Å². The molecule has 0 spiro atoms. The number of H-pyrrole nitrogens is 1. The Kier molecular flexibility index (Phi) is 5.90. The lowest BCUT2D eigenvalue weighted by Gasteiger charge is -2.30. The van der Waals surface area contributed by atoms with E-state index in [2.05, 4.69) is 47.7 Å². The van der Waals surface area contributed by atoms with Gasteiger partial charge in [-0.25, -0.2) is 0 Å². The van der Waals surface area contributed by atoms with Crippen molar-refractivity contribution < 1.29 is 19.1 Å². The summed E-state index contributed by atoms with van der Waals surface area (Å²) in [5.41, 5.74) is -0.185. The molecule has 1 aromatic heterocycles. The van der Waals surface area contributed by atoms with Crippen molar-refractivity contribution in [2.75, 3.05) is 13.1 Å². The predicted molar refractivity (Wildman–Crippen MR) is 71.7 cm³/mol. The number of rotatable bonds is 7. The summed E-state index contributed by atoms with van der Waals surface area (Å²) in [5, 5.41) is 13.9. The molecule has 1 rings (SSSR count). The molecule has 0 fully saturated rings. The van der Waals surface area contributed by atoms with Gasteiger partial charge in [0.1, 0.15) is 6.61 Å². The van der Waals surface area contributed by atoms with Crippen LogP contribution in [-0.2, 0) is 6.61 Å². The van der Waals surface area contributed by atoms with E-state index in [0.717, 1.165) is 0 Å². The van der Waals surface area contributed by atoms with Gasteiger partial charge in [-0.2, -0.15) is 0 Å². The summed E-state index contributed by atoms with van der Waals surface area (Å²) in [7, 11) is 0. The van der Waals surface area contributed by atoms with E-state index in [1.807, 2.05) is 0 Å². The molecule has 20 heavy (non-hydrogen) atoms. The van der Waals surface area contributed by atoms with E-state index in [1.54, 1.807) is 0 Å². The van der Waals surface area contributed by atoms with Gasteiger partial charge in [-0.1, -0.05) is 9.79 Å². The maximum absolute atomic E-state index is 11.9. The van der Waals surface area contributed by atoms with Crippen LogP contribution >= 0.6 is 0 Å². The van der Waals surface area contributed by atoms with Gasteiger partial charge in [0, 0.05) is 25.2 Å². The van der Waals surface area contributed by atoms with Crippen molar-refractivity contribution in [2.45, 2.75) is 46.4 Å². The average molecular weight is 287 g/mol. The molecule has 0 aliphatic heterocycles. The van der Waals surface area contributed by atoms with E-state index in [1.165, 1.54) is 0 Å². The van der Waals surface area contributed by atoms with Crippen LogP contribution in [0.1, 0.15) is 43.9 Å². The maximum atomic E-state index is 11.9. The summed E-state index contributed by atoms with van der Waals surface area (Å²) in [6.07, 6.45) is 0. The first kappa shape index (κ1) is 16.4. The van der Waals surface area contributed by atoms with E-state index >= 15 is 0 Å². The Morgan fingerprint density at radius 3 is 2.50 bits per heavy atom. The number of aromatic amines is 1. The molecule has 0 radical (unpaired) electrons. The third kappa shape index (κ3) is 3.91. The predicted octanol–water partition coefficient (Wildman–Crippen LogP) is -0.137. The van der Waals surface area contributed by atoms with Crippen molar-refractivity contribution in [1.29, 1.82) is 0 Å². The van der Waals surface area contributed by atoms with E-state index in [4.69, 9.17) is 5.11 Å². The second-order valence-electron chi connectivity index (χ2n) is 5.12. The van der Waals surface area contributed by atoms with Gasteiger partial charge in [0.2, 0.25) is 5.69 Å². The van der Waals surface area contributed by atoms with Crippen LogP contribution in [0.3, 0.4) is 0 Å². The molecule has 0 atom stereocenters. The Morgan fingerprint density at radius 2 is 2.00 bits per heavy atom. The molecular formula is C12H23N4O4+. The number of carbonyl (C=O) groups is 1. The molecule has 114 valence electrons. The zero-order valence-corrected chi connectivity index (χ0v) is 12.3. The minimum atomic E-state index is -0.568. The van der Waals surface area contributed by atoms with Gasteiger partial charge in [-0.3, -0.25) is 9.69 Å². The van der Waals surface area contributed by atoms with Crippen LogP contribution in [0.4, 0.5) is 0 Å². The third-order valence-electron chi connectivity index (χ3n) is 3.08. The number of nitrogens with one attached hydrogen (secondary N) is 2. The monoisotopic (exact) mass is 287 g/mol. The highest BCUT2D eigenvalue weighted by Gasteiger charge is 2.27. The molecule has 8 nitrogen and oxygen atoms in total. The quantitative estimate of drug-likeness (QED) is 0.647. The number of carbonyl (C=O) groups excluding carboxylic acids is 1. The van der Waals surface area contributed by atoms with Gasteiger partial charge in [-0.05, 0) is 32.6 Å². The van der Waals surface area contributed by atoms with Crippen LogP contribution in [0.25, 0.3) is 0 Å². The molecule has 1 heterocycles. The van der Waals surface area contributed by atoms with E-state index in [0.29, 0.717) is 25.2 Å². The number of hydrogen-bond acceptors (Lipinski definition) is 5. The van der Waals surface area contributed by atoms with Crippen molar-refractivity contribution in [3.8, 4) is 0 Å². The number of amides is 1. The minimum absolute atomic E-state index is 0.0575. The molecule has 8 heteroatoms. The largest absolute Gasteiger partial charge is 0.388 e. The van der Waals surface area contributed by atoms with Crippen LogP contribution in [0.2, 0.25) is 0 Å². The Morgan fingerprint density at radius 1 is 1.40 bits per heavy atom. The van der Waals surface area contributed by atoms with Crippen LogP contribution in [-0.4, -0.2) is 46.2 Å². The average Bonchev–Trinajstić information content (AvgIpc) is 2.74. The smallest absolute Gasteiger partial charge is 0.334 e. The lowest BCUT2D eigenvalue weighted by Crippen LogP contribution is -2.43. The van der Waals surface area contributed by atoms with Crippen LogP contribution in [0.5, 0.6) is 0 Å². The van der Waals surface area contributed by atoms with Crippen LogP contribution in [0, 0.1) is 4.91 Å². The fourth-order valence-corrected chi connectivity index (χ4v) is 2.12. The summed E-state index contributed by atoms with van der Waals surface area (Å²) in [4.78, 5) is 25.4. The maximum Gasteiger partial charge on any atom is 0.334 e. The fourth-order valence-electron chi connectivity index (χ4n) is 2.12. The van der Waals surface area contributed by atoms with Gasteiger partial charge in [0.05, 0.1) is 0 Å². The lowest BCUT2D eigenvalue weighted by atomic mass is 10.2. The zero-order chi connectivity index (χ0) is 15.3. The lowest BCUT2D eigenvalue weighted by molar-refractivity contribution is -0.714. The first-order valence-electron chi connectivity index (χ1n) is 6.66. The summed E-state index contributed by atoms with van der Waals surface area (Å²) in [5.74, 6) is -0.568. The van der Waals surface area contributed by atoms with E-state index < -0.39 is 12.5 Å². The van der Waals surface area contributed by atoms with Gasteiger partial charge >= 0.3 is 11.6 Å². The molecule has 0 unspecified atom stereocenters. The van der Waals surface area contributed by atoms with Gasteiger partial charge in [-0.15, -0.1) is 0 Å². The fraction of sp³-hybridized carbons (Fsp3) is 0.750. The summed E-state index contributed by atoms with van der Waals surface area (Å²) in [6.45, 7) is 8.96. The van der Waals surface area contributed by atoms with Crippen molar-refractivity contribution in [3.63, 3.8) is 0 Å². The van der Waals surface area contributed by atoms with Crippen molar-refractivity contribution in [1.82, 2.24) is 15.4 Å². The molecule has 3 N–H and O–H groups in total. The highest BCUT2D eigenvalue weighted by Crippen LogP contribution is 2.04. The first-order valence-corrected chi connectivity index (χ1v) is 6.66. The third-order valence-corrected chi connectivity index (χ3v) is 3.08. The Bertz CT molecular complexity index is 484. The Balaban J connectivity index is 2.60. The number of aromatic nitrogens is 2. The topological polar surface area (TPSA) is 104 Å². The summed E-state index contributed by atoms with van der Waals surface area (Å²) in [6, 6.07) is 0.734. The Hall–Kier alpha value is -1.67. The van der Waals surface area contributed by atoms with Gasteiger partial charge in [0.15, 0.2) is 4.60 Å². The molecule has 1 amide bonds. The van der Waals surface area contributed by atoms with Gasteiger partial charge in [0.25, 0.3) is 0 Å². The number of aliphatic hydroxyl groups is 1. The molecule has 0 bridgehead atoms. The summed E-state index contributed by atoms with van der Waals surface area (Å²) < 4.78 is 4.48. The molecule has 1 aromatic rings. The molecule has 0 saturated heterocycles. The van der Waals surface area contributed by atoms with Crippen molar-refractivity contribution in [3.05, 3.63) is 16.3 Å². The SMILES string of the molecule is CC(C)N(CCNC(=O)c1c(CO)[nH]o[n+]1=O)C(C)C. The normalized spacial score (nSPS) is 11.6. The Labute approximate surface area is 117 Å². The standard InChI is InChI=1S/C12H22N4O4/c1-8(2)15(9(3)4)6-5-13-12(18)11-10(7-17)14-20-16(11)19/h8-9,17H,5-7H2,1-4H3,(H-,13,14,18,19)/p+1. The van der Waals surface area contributed by atoms with Crippen LogP contribution in [0.15, 0.2) is 4.63 Å². The molecule has 0 aromatic carbocycles. The van der Waals surface area contributed by atoms with E-state index in [9.17, 15) is 9.70 Å². The second kappa shape index (κ2) is 7.20. The first-order chi connectivity index (χ1) is 9.38. The second-order valence-corrected chi connectivity index (χ2v) is 5.12. The highest BCUT2D eigenvalue weighted by atomic mass is 16.7. The highest BCUT2D eigenvalue weighted by molar-refractivity contribution is 5.91. The molecule has 0 aliphatic carbocycles. The molecular weight excluding hydrogens is 264 g/mol. The van der Waals surface area contributed by atoms with E-state index in [-0.39, 0.29) is 16.0 Å². The molecule has 0 saturated carbocycles. The number of aliphatic hydroxyl groups excluding tert-OH is 1. The van der Waals surface area contributed by atoms with Crippen molar-refractivity contribution in [2.24, 2.45) is 0 Å².